The second-order valence-corrected chi connectivity index (χ2v) is 4.30. The summed E-state index contributed by atoms with van der Waals surface area (Å²) < 4.78 is 5.38. The third-order valence-electron chi connectivity index (χ3n) is 3.04. The Morgan fingerprint density at radius 1 is 1.41 bits per heavy atom. The Kier molecular flexibility index (Phi) is 6.30. The zero-order valence-electron chi connectivity index (χ0n) is 10.3. The third kappa shape index (κ3) is 4.52. The standard InChI is InChI=1S/C13H20N2O.ClH/c1-2-16-13-9-11(7-8-14-13)10-15-12-5-3-4-6-12;/h7-9,12,15H,2-6,10H2,1H3;1H. The van der Waals surface area contributed by atoms with Gasteiger partial charge in [-0.25, -0.2) is 4.98 Å². The molecule has 1 aliphatic rings. The van der Waals surface area contributed by atoms with E-state index in [0.29, 0.717) is 12.6 Å². The molecule has 1 aromatic rings. The van der Waals surface area contributed by atoms with Crippen molar-refractivity contribution in [2.75, 3.05) is 6.61 Å². The Labute approximate surface area is 109 Å². The van der Waals surface area contributed by atoms with Crippen LogP contribution < -0.4 is 10.1 Å². The molecule has 0 unspecified atom stereocenters. The van der Waals surface area contributed by atoms with Crippen LogP contribution in [0.15, 0.2) is 18.3 Å². The third-order valence-corrected chi connectivity index (χ3v) is 3.04. The van der Waals surface area contributed by atoms with E-state index in [9.17, 15) is 0 Å². The molecule has 0 spiro atoms. The first-order valence-electron chi connectivity index (χ1n) is 6.19. The number of nitrogens with zero attached hydrogens (tertiary/aromatic N) is 1. The highest BCUT2D eigenvalue weighted by Gasteiger charge is 2.13. The van der Waals surface area contributed by atoms with E-state index in [2.05, 4.69) is 10.3 Å². The lowest BCUT2D eigenvalue weighted by Gasteiger charge is -2.12. The van der Waals surface area contributed by atoms with E-state index in [0.717, 1.165) is 12.4 Å². The van der Waals surface area contributed by atoms with Crippen molar-refractivity contribution < 1.29 is 4.74 Å². The summed E-state index contributed by atoms with van der Waals surface area (Å²) >= 11 is 0. The minimum atomic E-state index is 0. The van der Waals surface area contributed by atoms with Crippen molar-refractivity contribution in [1.29, 1.82) is 0 Å². The van der Waals surface area contributed by atoms with Gasteiger partial charge in [0.15, 0.2) is 0 Å². The van der Waals surface area contributed by atoms with Gasteiger partial charge < -0.3 is 10.1 Å². The summed E-state index contributed by atoms with van der Waals surface area (Å²) in [6.45, 7) is 3.57. The summed E-state index contributed by atoms with van der Waals surface area (Å²) in [5.74, 6) is 0.730. The molecule has 0 amide bonds. The molecule has 0 aliphatic heterocycles. The smallest absolute Gasteiger partial charge is 0.213 e. The summed E-state index contributed by atoms with van der Waals surface area (Å²) in [5.41, 5.74) is 1.25. The highest BCUT2D eigenvalue weighted by atomic mass is 35.5. The molecule has 1 aliphatic carbocycles. The summed E-state index contributed by atoms with van der Waals surface area (Å²) in [7, 11) is 0. The predicted octanol–water partition coefficient (Wildman–Crippen LogP) is 2.93. The van der Waals surface area contributed by atoms with Gasteiger partial charge >= 0.3 is 0 Å². The van der Waals surface area contributed by atoms with Crippen LogP contribution >= 0.6 is 12.4 Å². The van der Waals surface area contributed by atoms with E-state index in [1.807, 2.05) is 25.3 Å². The van der Waals surface area contributed by atoms with Crippen LogP contribution in [0.1, 0.15) is 38.2 Å². The van der Waals surface area contributed by atoms with Crippen LogP contribution in [0.25, 0.3) is 0 Å². The van der Waals surface area contributed by atoms with Gasteiger partial charge in [-0.15, -0.1) is 12.4 Å². The molecule has 1 heterocycles. The molecule has 0 radical (unpaired) electrons. The number of pyridine rings is 1. The van der Waals surface area contributed by atoms with Gasteiger partial charge in [-0.05, 0) is 31.4 Å². The van der Waals surface area contributed by atoms with Gasteiger partial charge in [0.05, 0.1) is 6.61 Å². The molecule has 96 valence electrons. The zero-order valence-corrected chi connectivity index (χ0v) is 11.1. The molecule has 3 nitrogen and oxygen atoms in total. The van der Waals surface area contributed by atoms with Gasteiger partial charge in [-0.2, -0.15) is 0 Å². The van der Waals surface area contributed by atoms with Crippen LogP contribution in [0, 0.1) is 0 Å². The average molecular weight is 257 g/mol. The second-order valence-electron chi connectivity index (χ2n) is 4.30. The molecule has 1 fully saturated rings. The summed E-state index contributed by atoms with van der Waals surface area (Å²) in [5, 5.41) is 3.58. The minimum Gasteiger partial charge on any atom is -0.478 e. The van der Waals surface area contributed by atoms with Crippen LogP contribution in [0.2, 0.25) is 0 Å². The first-order valence-corrected chi connectivity index (χ1v) is 6.19. The lowest BCUT2D eigenvalue weighted by molar-refractivity contribution is 0.326. The van der Waals surface area contributed by atoms with Crippen molar-refractivity contribution in [2.45, 2.75) is 45.2 Å². The van der Waals surface area contributed by atoms with Crippen LogP contribution in [0.4, 0.5) is 0 Å². The number of hydrogen-bond acceptors (Lipinski definition) is 3. The van der Waals surface area contributed by atoms with E-state index in [1.165, 1.54) is 31.2 Å². The fourth-order valence-electron chi connectivity index (χ4n) is 2.18. The molecule has 1 aromatic heterocycles. The Morgan fingerprint density at radius 3 is 2.88 bits per heavy atom. The molecule has 1 saturated carbocycles. The molecule has 2 rings (SSSR count). The van der Waals surface area contributed by atoms with Gasteiger partial charge in [0.2, 0.25) is 5.88 Å². The number of halogens is 1. The SMILES string of the molecule is CCOc1cc(CNC2CCCC2)ccn1.Cl. The maximum absolute atomic E-state index is 5.38. The molecular formula is C13H21ClN2O. The number of aromatic nitrogens is 1. The summed E-state index contributed by atoms with van der Waals surface area (Å²) in [6, 6.07) is 4.78. The van der Waals surface area contributed by atoms with Gasteiger partial charge in [-0.3, -0.25) is 0 Å². The minimum absolute atomic E-state index is 0. The lowest BCUT2D eigenvalue weighted by atomic mass is 10.2. The monoisotopic (exact) mass is 256 g/mol. The van der Waals surface area contributed by atoms with E-state index in [4.69, 9.17) is 4.74 Å². The van der Waals surface area contributed by atoms with Crippen molar-refractivity contribution in [3.05, 3.63) is 23.9 Å². The van der Waals surface area contributed by atoms with Crippen LogP contribution in [0.3, 0.4) is 0 Å². The van der Waals surface area contributed by atoms with Crippen molar-refractivity contribution in [3.63, 3.8) is 0 Å². The first-order chi connectivity index (χ1) is 7.88. The van der Waals surface area contributed by atoms with Crippen LogP contribution in [-0.2, 0) is 6.54 Å². The Hall–Kier alpha value is -0.800. The van der Waals surface area contributed by atoms with Crippen molar-refractivity contribution in [1.82, 2.24) is 10.3 Å². The largest absolute Gasteiger partial charge is 0.478 e. The van der Waals surface area contributed by atoms with Gasteiger partial charge in [0, 0.05) is 24.8 Å². The van der Waals surface area contributed by atoms with Gasteiger partial charge in [0.1, 0.15) is 0 Å². The molecule has 17 heavy (non-hydrogen) atoms. The number of hydrogen-bond donors (Lipinski definition) is 1. The molecule has 1 N–H and O–H groups in total. The predicted molar refractivity (Wildman–Crippen MR) is 71.7 cm³/mol. The molecule has 0 bridgehead atoms. The molecule has 0 saturated heterocycles. The van der Waals surface area contributed by atoms with E-state index in [1.54, 1.807) is 0 Å². The second kappa shape index (κ2) is 7.51. The summed E-state index contributed by atoms with van der Waals surface area (Å²) in [6.07, 6.45) is 7.21. The van der Waals surface area contributed by atoms with Gasteiger partial charge in [-0.1, -0.05) is 12.8 Å². The Balaban J connectivity index is 0.00000144. The molecule has 0 aromatic carbocycles. The highest BCUT2D eigenvalue weighted by Crippen LogP contribution is 2.18. The van der Waals surface area contributed by atoms with E-state index >= 15 is 0 Å². The van der Waals surface area contributed by atoms with E-state index in [-0.39, 0.29) is 12.4 Å². The average Bonchev–Trinajstić information content (AvgIpc) is 2.80. The van der Waals surface area contributed by atoms with Crippen molar-refractivity contribution >= 4 is 12.4 Å². The molecule has 0 atom stereocenters. The maximum atomic E-state index is 5.38. The van der Waals surface area contributed by atoms with Crippen molar-refractivity contribution in [3.8, 4) is 5.88 Å². The summed E-state index contributed by atoms with van der Waals surface area (Å²) in [4.78, 5) is 4.16. The number of ether oxygens (including phenoxy) is 1. The van der Waals surface area contributed by atoms with Crippen LogP contribution in [0.5, 0.6) is 5.88 Å². The Bertz CT molecular complexity index is 327. The highest BCUT2D eigenvalue weighted by molar-refractivity contribution is 5.85. The van der Waals surface area contributed by atoms with E-state index < -0.39 is 0 Å². The normalized spacial score (nSPS) is 15.6. The molecule has 4 heteroatoms. The fourth-order valence-corrected chi connectivity index (χ4v) is 2.18. The topological polar surface area (TPSA) is 34.1 Å². The number of rotatable bonds is 5. The number of nitrogens with one attached hydrogen (secondary N) is 1. The quantitative estimate of drug-likeness (QED) is 0.880. The maximum Gasteiger partial charge on any atom is 0.213 e. The lowest BCUT2D eigenvalue weighted by Crippen LogP contribution is -2.25. The zero-order chi connectivity index (χ0) is 11.2. The van der Waals surface area contributed by atoms with Crippen molar-refractivity contribution in [2.24, 2.45) is 0 Å². The van der Waals surface area contributed by atoms with Gasteiger partial charge in [0.25, 0.3) is 0 Å². The molecular weight excluding hydrogens is 236 g/mol. The first kappa shape index (κ1) is 14.3. The van der Waals surface area contributed by atoms with Crippen LogP contribution in [-0.4, -0.2) is 17.6 Å². The Morgan fingerprint density at radius 2 is 2.18 bits per heavy atom. The fraction of sp³-hybridized carbons (Fsp3) is 0.615.